The van der Waals surface area contributed by atoms with Gasteiger partial charge >= 0.3 is 0 Å². The van der Waals surface area contributed by atoms with Crippen molar-refractivity contribution in [2.24, 2.45) is 0 Å². The molecule has 8 rings (SSSR count). The van der Waals surface area contributed by atoms with Crippen LogP contribution in [0.3, 0.4) is 0 Å². The van der Waals surface area contributed by atoms with Gasteiger partial charge in [-0.3, -0.25) is 0 Å². The lowest BCUT2D eigenvalue weighted by Gasteiger charge is -2.19. The van der Waals surface area contributed by atoms with Crippen LogP contribution in [0.15, 0.2) is 151 Å². The maximum absolute atomic E-state index is 6.46. The molecule has 8 aromatic rings. The molecule has 0 aliphatic rings. The second-order valence-electron chi connectivity index (χ2n) is 11.3. The van der Waals surface area contributed by atoms with Crippen molar-refractivity contribution in [3.63, 3.8) is 0 Å². The highest BCUT2D eigenvalue weighted by molar-refractivity contribution is 6.22. The summed E-state index contributed by atoms with van der Waals surface area (Å²) < 4.78 is 6.46. The fourth-order valence-corrected chi connectivity index (χ4v) is 6.78. The first-order valence-corrected chi connectivity index (χ1v) is 15.1. The lowest BCUT2D eigenvalue weighted by Crippen LogP contribution is -1.91. The van der Waals surface area contributed by atoms with E-state index in [-0.39, 0.29) is 0 Å². The van der Waals surface area contributed by atoms with E-state index in [0.717, 1.165) is 33.1 Å². The van der Waals surface area contributed by atoms with E-state index < -0.39 is 0 Å². The van der Waals surface area contributed by atoms with Crippen molar-refractivity contribution in [2.75, 3.05) is 0 Å². The van der Waals surface area contributed by atoms with Crippen molar-refractivity contribution in [2.45, 2.75) is 6.92 Å². The van der Waals surface area contributed by atoms with Gasteiger partial charge in [-0.2, -0.15) is 0 Å². The molecule has 208 valence electrons. The topological polar surface area (TPSA) is 13.1 Å². The zero-order valence-electron chi connectivity index (χ0n) is 24.5. The van der Waals surface area contributed by atoms with E-state index in [0.29, 0.717) is 0 Å². The number of hydrogen-bond donors (Lipinski definition) is 0. The highest BCUT2D eigenvalue weighted by atomic mass is 16.3. The van der Waals surface area contributed by atoms with Gasteiger partial charge in [-0.05, 0) is 91.7 Å². The molecule has 0 aliphatic carbocycles. The van der Waals surface area contributed by atoms with E-state index in [2.05, 4.69) is 146 Å². The number of rotatable bonds is 5. The molecule has 44 heavy (non-hydrogen) atoms. The molecule has 0 saturated heterocycles. The van der Waals surface area contributed by atoms with Crippen LogP contribution in [0, 0.1) is 0 Å². The summed E-state index contributed by atoms with van der Waals surface area (Å²) in [6.45, 7) is 6.13. The van der Waals surface area contributed by atoms with Crippen LogP contribution in [0.1, 0.15) is 18.1 Å². The molecular formula is C43H30O. The van der Waals surface area contributed by atoms with Crippen molar-refractivity contribution < 1.29 is 4.42 Å². The Morgan fingerprint density at radius 1 is 0.500 bits per heavy atom. The van der Waals surface area contributed by atoms with Gasteiger partial charge in [0.1, 0.15) is 11.2 Å². The molecule has 0 bridgehead atoms. The molecule has 0 N–H and O–H groups in total. The first-order chi connectivity index (χ1) is 21.7. The Hall–Kier alpha value is -5.66. The van der Waals surface area contributed by atoms with Gasteiger partial charge in [0, 0.05) is 16.3 Å². The highest BCUT2D eigenvalue weighted by Crippen LogP contribution is 2.46. The lowest BCUT2D eigenvalue weighted by atomic mass is 9.84. The Bertz CT molecular complexity index is 2390. The molecule has 0 aliphatic heterocycles. The molecule has 1 heterocycles. The van der Waals surface area contributed by atoms with Crippen LogP contribution in [0.25, 0.3) is 89.0 Å². The molecule has 1 aromatic heterocycles. The van der Waals surface area contributed by atoms with E-state index in [1.54, 1.807) is 0 Å². The minimum Gasteiger partial charge on any atom is -0.455 e. The van der Waals surface area contributed by atoms with Crippen LogP contribution in [0.2, 0.25) is 0 Å². The average Bonchev–Trinajstić information content (AvgIpc) is 3.45. The molecule has 0 fully saturated rings. The Morgan fingerprint density at radius 2 is 1.09 bits per heavy atom. The van der Waals surface area contributed by atoms with Crippen molar-refractivity contribution in [1.82, 2.24) is 0 Å². The molecule has 0 atom stereocenters. The monoisotopic (exact) mass is 562 g/mol. The Kier molecular flexibility index (Phi) is 6.24. The third kappa shape index (κ3) is 4.09. The third-order valence-corrected chi connectivity index (χ3v) is 8.74. The standard InChI is InChI=1S/C43H30O/c1-3-13-29-20-24-37-38-27-32(22-25-40(38)44-43(37)33(29)4-2)42-35-19-12-11-18-34(35)41(30-16-9-6-10-17-30)39-26-31(21-23-36(39)42)28-14-7-5-8-15-28/h3-27H,2H2,1H3/b13-3-. The number of fused-ring (bicyclic) bond motifs is 5. The molecule has 0 amide bonds. The lowest BCUT2D eigenvalue weighted by molar-refractivity contribution is 0.668. The Labute approximate surface area is 257 Å². The van der Waals surface area contributed by atoms with Gasteiger partial charge in [0.15, 0.2) is 0 Å². The van der Waals surface area contributed by atoms with Gasteiger partial charge in [0.05, 0.1) is 0 Å². The normalized spacial score (nSPS) is 11.8. The van der Waals surface area contributed by atoms with Gasteiger partial charge in [-0.15, -0.1) is 0 Å². The van der Waals surface area contributed by atoms with E-state index in [9.17, 15) is 0 Å². The van der Waals surface area contributed by atoms with E-state index >= 15 is 0 Å². The van der Waals surface area contributed by atoms with E-state index in [4.69, 9.17) is 4.42 Å². The largest absolute Gasteiger partial charge is 0.455 e. The number of furan rings is 1. The van der Waals surface area contributed by atoms with Crippen LogP contribution in [0.5, 0.6) is 0 Å². The molecule has 1 heteroatoms. The van der Waals surface area contributed by atoms with Crippen molar-refractivity contribution >= 4 is 55.6 Å². The average molecular weight is 563 g/mol. The van der Waals surface area contributed by atoms with Crippen LogP contribution >= 0.6 is 0 Å². The van der Waals surface area contributed by atoms with Crippen LogP contribution in [0.4, 0.5) is 0 Å². The summed E-state index contributed by atoms with van der Waals surface area (Å²) in [6, 6.07) is 48.2. The zero-order valence-corrected chi connectivity index (χ0v) is 24.5. The molecule has 0 spiro atoms. The fraction of sp³-hybridized carbons (Fsp3) is 0.0233. The SMILES string of the molecule is C=Cc1c(/C=C\C)ccc2c1oc1ccc(-c3c4ccccc4c(-c4ccccc4)c4cc(-c5ccccc5)ccc34)cc12. The fourth-order valence-electron chi connectivity index (χ4n) is 6.78. The summed E-state index contributed by atoms with van der Waals surface area (Å²) in [6.07, 6.45) is 6.05. The van der Waals surface area contributed by atoms with E-state index in [1.807, 2.05) is 19.1 Å². The highest BCUT2D eigenvalue weighted by Gasteiger charge is 2.19. The van der Waals surface area contributed by atoms with E-state index in [1.165, 1.54) is 54.9 Å². The van der Waals surface area contributed by atoms with Gasteiger partial charge in [-0.25, -0.2) is 0 Å². The summed E-state index contributed by atoms with van der Waals surface area (Å²) in [7, 11) is 0. The molecule has 0 saturated carbocycles. The molecule has 0 radical (unpaired) electrons. The summed E-state index contributed by atoms with van der Waals surface area (Å²) in [5.74, 6) is 0. The first kappa shape index (κ1) is 26.0. The van der Waals surface area contributed by atoms with Crippen molar-refractivity contribution in [3.8, 4) is 33.4 Å². The van der Waals surface area contributed by atoms with Gasteiger partial charge in [-0.1, -0.05) is 134 Å². The molecule has 0 unspecified atom stereocenters. The number of benzene rings is 7. The van der Waals surface area contributed by atoms with Gasteiger partial charge in [0.25, 0.3) is 0 Å². The minimum absolute atomic E-state index is 0.879. The summed E-state index contributed by atoms with van der Waals surface area (Å²) >= 11 is 0. The zero-order chi connectivity index (χ0) is 29.6. The number of allylic oxidation sites excluding steroid dienone is 1. The molecule has 7 aromatic carbocycles. The van der Waals surface area contributed by atoms with Crippen LogP contribution in [-0.4, -0.2) is 0 Å². The number of hydrogen-bond acceptors (Lipinski definition) is 1. The second-order valence-corrected chi connectivity index (χ2v) is 11.3. The Balaban J connectivity index is 1.47. The quantitative estimate of drug-likeness (QED) is 0.190. The van der Waals surface area contributed by atoms with Crippen molar-refractivity contribution in [1.29, 1.82) is 0 Å². The molecular weight excluding hydrogens is 532 g/mol. The maximum atomic E-state index is 6.46. The van der Waals surface area contributed by atoms with Crippen LogP contribution < -0.4 is 0 Å². The van der Waals surface area contributed by atoms with Crippen molar-refractivity contribution in [3.05, 3.63) is 157 Å². The third-order valence-electron chi connectivity index (χ3n) is 8.74. The Morgan fingerprint density at radius 3 is 1.80 bits per heavy atom. The molecule has 1 nitrogen and oxygen atoms in total. The maximum Gasteiger partial charge on any atom is 0.143 e. The van der Waals surface area contributed by atoms with Gasteiger partial charge in [0.2, 0.25) is 0 Å². The summed E-state index contributed by atoms with van der Waals surface area (Å²) in [4.78, 5) is 0. The second kappa shape index (κ2) is 10.6. The smallest absolute Gasteiger partial charge is 0.143 e. The minimum atomic E-state index is 0.879. The van der Waals surface area contributed by atoms with Gasteiger partial charge < -0.3 is 4.42 Å². The predicted molar refractivity (Wildman–Crippen MR) is 190 cm³/mol. The predicted octanol–water partition coefficient (Wildman–Crippen LogP) is 12.6. The first-order valence-electron chi connectivity index (χ1n) is 15.1. The van der Waals surface area contributed by atoms with Crippen LogP contribution in [-0.2, 0) is 0 Å². The summed E-state index contributed by atoms with van der Waals surface area (Å²) in [5, 5.41) is 7.17. The summed E-state index contributed by atoms with van der Waals surface area (Å²) in [5.41, 5.74) is 11.2.